The smallest absolute Gasteiger partial charge is 0.239 e. The van der Waals surface area contributed by atoms with Gasteiger partial charge in [0.05, 0.1) is 6.04 Å². The largest absolute Gasteiger partial charge is 0.341 e. The van der Waals surface area contributed by atoms with E-state index in [1.807, 2.05) is 11.8 Å². The molecule has 0 radical (unpaired) electrons. The summed E-state index contributed by atoms with van der Waals surface area (Å²) in [5, 5.41) is 3.37. The molecule has 1 N–H and O–H groups in total. The zero-order chi connectivity index (χ0) is 14.1. The SMILES string of the molecule is CCN(CC)CCCN[C@@H](C)C(=O)N1CCCCC1. The van der Waals surface area contributed by atoms with Gasteiger partial charge >= 0.3 is 0 Å². The van der Waals surface area contributed by atoms with Gasteiger partial charge in [0, 0.05) is 13.1 Å². The molecule has 4 heteroatoms. The first-order valence-corrected chi connectivity index (χ1v) is 7.93. The fraction of sp³-hybridized carbons (Fsp3) is 0.933. The van der Waals surface area contributed by atoms with Crippen molar-refractivity contribution < 1.29 is 4.79 Å². The fourth-order valence-electron chi connectivity index (χ4n) is 2.64. The van der Waals surface area contributed by atoms with Crippen molar-refractivity contribution in [1.29, 1.82) is 0 Å². The van der Waals surface area contributed by atoms with E-state index < -0.39 is 0 Å². The lowest BCUT2D eigenvalue weighted by Crippen LogP contribution is -2.47. The molecule has 0 aromatic carbocycles. The highest BCUT2D eigenvalue weighted by molar-refractivity contribution is 5.81. The molecule has 1 fully saturated rings. The van der Waals surface area contributed by atoms with Gasteiger partial charge in [0.1, 0.15) is 0 Å². The average Bonchev–Trinajstić information content (AvgIpc) is 2.47. The van der Waals surface area contributed by atoms with Crippen molar-refractivity contribution in [3.63, 3.8) is 0 Å². The lowest BCUT2D eigenvalue weighted by molar-refractivity contribution is -0.133. The Morgan fingerprint density at radius 1 is 1.21 bits per heavy atom. The summed E-state index contributed by atoms with van der Waals surface area (Å²) in [7, 11) is 0. The number of piperidine rings is 1. The highest BCUT2D eigenvalue weighted by Gasteiger charge is 2.21. The van der Waals surface area contributed by atoms with Crippen LogP contribution in [0.15, 0.2) is 0 Å². The molecule has 1 aliphatic heterocycles. The van der Waals surface area contributed by atoms with Crippen molar-refractivity contribution >= 4 is 5.91 Å². The Morgan fingerprint density at radius 2 is 1.84 bits per heavy atom. The van der Waals surface area contributed by atoms with Crippen molar-refractivity contribution in [2.45, 2.75) is 52.5 Å². The van der Waals surface area contributed by atoms with Gasteiger partial charge < -0.3 is 15.1 Å². The standard InChI is InChI=1S/C15H31N3O/c1-4-17(5-2)11-9-10-16-14(3)15(19)18-12-7-6-8-13-18/h14,16H,4-13H2,1-3H3/t14-/m0/s1. The number of rotatable bonds is 8. The minimum absolute atomic E-state index is 0.0326. The monoisotopic (exact) mass is 269 g/mol. The molecule has 4 nitrogen and oxygen atoms in total. The lowest BCUT2D eigenvalue weighted by Gasteiger charge is -2.29. The van der Waals surface area contributed by atoms with Crippen LogP contribution in [0.25, 0.3) is 0 Å². The fourth-order valence-corrected chi connectivity index (χ4v) is 2.64. The molecule has 0 aliphatic carbocycles. The van der Waals surface area contributed by atoms with Crippen LogP contribution in [0.5, 0.6) is 0 Å². The molecule has 112 valence electrons. The second-order valence-corrected chi connectivity index (χ2v) is 5.44. The number of hydrogen-bond donors (Lipinski definition) is 1. The third kappa shape index (κ3) is 5.91. The average molecular weight is 269 g/mol. The van der Waals surface area contributed by atoms with Crippen LogP contribution in [-0.4, -0.2) is 61.0 Å². The summed E-state index contributed by atoms with van der Waals surface area (Å²) in [6.07, 6.45) is 4.72. The Morgan fingerprint density at radius 3 is 2.42 bits per heavy atom. The summed E-state index contributed by atoms with van der Waals surface area (Å²) in [5.74, 6) is 0.280. The number of nitrogens with zero attached hydrogens (tertiary/aromatic N) is 2. The molecule has 1 heterocycles. The number of amides is 1. The maximum absolute atomic E-state index is 12.2. The first kappa shape index (κ1) is 16.4. The Bertz CT molecular complexity index is 248. The van der Waals surface area contributed by atoms with Gasteiger partial charge in [0.15, 0.2) is 0 Å². The second kappa shape index (κ2) is 9.32. The molecule has 19 heavy (non-hydrogen) atoms. The van der Waals surface area contributed by atoms with Crippen molar-refractivity contribution in [2.24, 2.45) is 0 Å². The lowest BCUT2D eigenvalue weighted by atomic mass is 10.1. The first-order valence-electron chi connectivity index (χ1n) is 7.93. The van der Waals surface area contributed by atoms with Crippen molar-refractivity contribution in [3.8, 4) is 0 Å². The van der Waals surface area contributed by atoms with E-state index in [1.54, 1.807) is 0 Å². The van der Waals surface area contributed by atoms with Gasteiger partial charge in [-0.15, -0.1) is 0 Å². The van der Waals surface area contributed by atoms with Crippen LogP contribution in [0, 0.1) is 0 Å². The highest BCUT2D eigenvalue weighted by atomic mass is 16.2. The second-order valence-electron chi connectivity index (χ2n) is 5.44. The van der Waals surface area contributed by atoms with Crippen LogP contribution in [0.2, 0.25) is 0 Å². The highest BCUT2D eigenvalue weighted by Crippen LogP contribution is 2.09. The zero-order valence-corrected chi connectivity index (χ0v) is 13.0. The molecule has 1 rings (SSSR count). The van der Waals surface area contributed by atoms with E-state index in [2.05, 4.69) is 24.1 Å². The molecule has 0 aromatic rings. The summed E-state index contributed by atoms with van der Waals surface area (Å²) in [5.41, 5.74) is 0. The van der Waals surface area contributed by atoms with Gasteiger partial charge in [0.2, 0.25) is 5.91 Å². The summed E-state index contributed by atoms with van der Waals surface area (Å²) in [4.78, 5) is 16.6. The molecule has 0 aromatic heterocycles. The Labute approximate surface area is 118 Å². The number of nitrogens with one attached hydrogen (secondary N) is 1. The Hall–Kier alpha value is -0.610. The third-order valence-electron chi connectivity index (χ3n) is 4.03. The molecular formula is C15H31N3O. The van der Waals surface area contributed by atoms with E-state index in [0.717, 1.165) is 45.7 Å². The molecule has 0 saturated carbocycles. The van der Waals surface area contributed by atoms with E-state index in [0.29, 0.717) is 0 Å². The van der Waals surface area contributed by atoms with E-state index in [9.17, 15) is 4.79 Å². The van der Waals surface area contributed by atoms with Gasteiger partial charge in [0.25, 0.3) is 0 Å². The Kier molecular flexibility index (Phi) is 8.07. The van der Waals surface area contributed by atoms with Gasteiger partial charge in [-0.3, -0.25) is 4.79 Å². The predicted molar refractivity (Wildman–Crippen MR) is 80.3 cm³/mol. The number of carbonyl (C=O) groups is 1. The zero-order valence-electron chi connectivity index (χ0n) is 13.0. The van der Waals surface area contributed by atoms with E-state index >= 15 is 0 Å². The summed E-state index contributed by atoms with van der Waals surface area (Å²) in [6, 6.07) is -0.0326. The summed E-state index contributed by atoms with van der Waals surface area (Å²) < 4.78 is 0. The molecule has 0 bridgehead atoms. The number of carbonyl (C=O) groups excluding carboxylic acids is 1. The van der Waals surface area contributed by atoms with Gasteiger partial charge in [-0.1, -0.05) is 13.8 Å². The van der Waals surface area contributed by atoms with Crippen molar-refractivity contribution in [2.75, 3.05) is 39.3 Å². The van der Waals surface area contributed by atoms with Crippen LogP contribution in [0.4, 0.5) is 0 Å². The van der Waals surface area contributed by atoms with E-state index in [4.69, 9.17) is 0 Å². The van der Waals surface area contributed by atoms with Crippen LogP contribution in [0.1, 0.15) is 46.5 Å². The van der Waals surface area contributed by atoms with Gasteiger partial charge in [-0.25, -0.2) is 0 Å². The van der Waals surface area contributed by atoms with Crippen LogP contribution in [-0.2, 0) is 4.79 Å². The third-order valence-corrected chi connectivity index (χ3v) is 4.03. The minimum Gasteiger partial charge on any atom is -0.341 e. The number of hydrogen-bond acceptors (Lipinski definition) is 3. The molecule has 0 spiro atoms. The normalized spacial score (nSPS) is 17.8. The number of likely N-dealkylation sites (tertiary alicyclic amines) is 1. The topological polar surface area (TPSA) is 35.6 Å². The molecule has 1 amide bonds. The predicted octanol–water partition coefficient (Wildman–Crippen LogP) is 1.71. The summed E-state index contributed by atoms with van der Waals surface area (Å²) >= 11 is 0. The van der Waals surface area contributed by atoms with Crippen LogP contribution >= 0.6 is 0 Å². The Balaban J connectivity index is 2.15. The maximum atomic E-state index is 12.2. The van der Waals surface area contributed by atoms with Gasteiger partial charge in [-0.05, 0) is 58.8 Å². The van der Waals surface area contributed by atoms with Crippen molar-refractivity contribution in [1.82, 2.24) is 15.1 Å². The molecule has 1 aliphatic rings. The molecule has 1 atom stereocenters. The minimum atomic E-state index is -0.0326. The molecular weight excluding hydrogens is 238 g/mol. The van der Waals surface area contributed by atoms with Crippen LogP contribution in [0.3, 0.4) is 0 Å². The first-order chi connectivity index (χ1) is 9.19. The molecule has 1 saturated heterocycles. The maximum Gasteiger partial charge on any atom is 0.239 e. The van der Waals surface area contributed by atoms with E-state index in [1.165, 1.54) is 19.3 Å². The van der Waals surface area contributed by atoms with Crippen molar-refractivity contribution in [3.05, 3.63) is 0 Å². The van der Waals surface area contributed by atoms with E-state index in [-0.39, 0.29) is 11.9 Å². The van der Waals surface area contributed by atoms with Gasteiger partial charge in [-0.2, -0.15) is 0 Å². The van der Waals surface area contributed by atoms with Crippen LogP contribution < -0.4 is 5.32 Å². The summed E-state index contributed by atoms with van der Waals surface area (Å²) in [6.45, 7) is 12.5. The molecule has 0 unspecified atom stereocenters. The quantitative estimate of drug-likeness (QED) is 0.681.